The van der Waals surface area contributed by atoms with Crippen LogP contribution in [0.1, 0.15) is 31.4 Å². The molecule has 0 aliphatic carbocycles. The predicted octanol–water partition coefficient (Wildman–Crippen LogP) is 3.78. The van der Waals surface area contributed by atoms with Gasteiger partial charge in [0.1, 0.15) is 0 Å². The van der Waals surface area contributed by atoms with Crippen LogP contribution < -0.4 is 0 Å². The fourth-order valence-corrected chi connectivity index (χ4v) is 1.47. The summed E-state index contributed by atoms with van der Waals surface area (Å²) in [6.07, 6.45) is 2.26. The average Bonchev–Trinajstić information content (AvgIpc) is 2.25. The van der Waals surface area contributed by atoms with E-state index < -0.39 is 0 Å². The molecule has 2 heteroatoms. The van der Waals surface area contributed by atoms with Gasteiger partial charge in [-0.15, -0.1) is 11.6 Å². The summed E-state index contributed by atoms with van der Waals surface area (Å²) in [7, 11) is 0. The monoisotopic (exact) mass is 212 g/mol. The van der Waals surface area contributed by atoms with Gasteiger partial charge in [0.15, 0.2) is 0 Å². The zero-order valence-corrected chi connectivity index (χ0v) is 9.33. The molecule has 0 fully saturated rings. The zero-order valence-electron chi connectivity index (χ0n) is 8.58. The maximum absolute atomic E-state index is 5.67. The molecule has 0 saturated heterocycles. The molecule has 78 valence electrons. The van der Waals surface area contributed by atoms with Crippen LogP contribution in [0.5, 0.6) is 0 Å². The predicted molar refractivity (Wildman–Crippen MR) is 60.8 cm³/mol. The van der Waals surface area contributed by atoms with Gasteiger partial charge in [0.05, 0.1) is 6.10 Å². The third-order valence-corrected chi connectivity index (χ3v) is 2.43. The van der Waals surface area contributed by atoms with Crippen LogP contribution in [0.15, 0.2) is 30.3 Å². The number of halogens is 1. The zero-order chi connectivity index (χ0) is 10.2. The molecule has 1 unspecified atom stereocenters. The molecule has 0 amide bonds. The number of alkyl halides is 1. The highest BCUT2D eigenvalue weighted by molar-refractivity contribution is 6.17. The molecule has 14 heavy (non-hydrogen) atoms. The normalized spacial score (nSPS) is 12.7. The second kappa shape index (κ2) is 6.86. The molecule has 0 spiro atoms. The van der Waals surface area contributed by atoms with Gasteiger partial charge in [0.2, 0.25) is 0 Å². The molecule has 0 aliphatic heterocycles. The summed E-state index contributed by atoms with van der Waals surface area (Å²) in [5.74, 6) is 0.725. The number of ether oxygens (including phenoxy) is 1. The third kappa shape index (κ3) is 4.12. The first-order valence-electron chi connectivity index (χ1n) is 5.07. The molecule has 1 aromatic rings. The first-order valence-corrected chi connectivity index (χ1v) is 5.60. The molecule has 0 aromatic heterocycles. The van der Waals surface area contributed by atoms with Gasteiger partial charge < -0.3 is 4.74 Å². The summed E-state index contributed by atoms with van der Waals surface area (Å²) < 4.78 is 5.67. The van der Waals surface area contributed by atoms with Crippen LogP contribution in [0.2, 0.25) is 0 Å². The van der Waals surface area contributed by atoms with Crippen molar-refractivity contribution in [2.24, 2.45) is 0 Å². The summed E-state index contributed by atoms with van der Waals surface area (Å²) in [6.45, 7) is 2.87. The van der Waals surface area contributed by atoms with Crippen molar-refractivity contribution in [3.8, 4) is 0 Å². The molecule has 1 rings (SSSR count). The van der Waals surface area contributed by atoms with E-state index in [1.54, 1.807) is 0 Å². The first kappa shape index (κ1) is 11.5. The Morgan fingerprint density at radius 1 is 1.21 bits per heavy atom. The molecule has 1 atom stereocenters. The van der Waals surface area contributed by atoms with Crippen LogP contribution in [-0.2, 0) is 4.74 Å². The van der Waals surface area contributed by atoms with Crippen LogP contribution >= 0.6 is 11.6 Å². The highest BCUT2D eigenvalue weighted by Crippen LogP contribution is 2.16. The second-order valence-electron chi connectivity index (χ2n) is 3.32. The molecule has 0 heterocycles. The lowest BCUT2D eigenvalue weighted by Gasteiger charge is -2.12. The lowest BCUT2D eigenvalue weighted by atomic mass is 10.1. The van der Waals surface area contributed by atoms with Crippen molar-refractivity contribution in [1.29, 1.82) is 0 Å². The second-order valence-corrected chi connectivity index (χ2v) is 3.70. The highest BCUT2D eigenvalue weighted by atomic mass is 35.5. The Hall–Kier alpha value is -0.530. The molecule has 0 N–H and O–H groups in total. The fraction of sp³-hybridized carbons (Fsp3) is 0.500. The lowest BCUT2D eigenvalue weighted by molar-refractivity contribution is 0.0638. The van der Waals surface area contributed by atoms with Gasteiger partial charge in [-0.1, -0.05) is 30.3 Å². The van der Waals surface area contributed by atoms with Crippen LogP contribution in [-0.4, -0.2) is 12.5 Å². The first-order chi connectivity index (χ1) is 6.84. The number of benzene rings is 1. The van der Waals surface area contributed by atoms with Gasteiger partial charge in [0, 0.05) is 12.5 Å². The number of hydrogen-bond acceptors (Lipinski definition) is 1. The van der Waals surface area contributed by atoms with E-state index in [1.807, 2.05) is 18.2 Å². The van der Waals surface area contributed by atoms with Gasteiger partial charge in [-0.3, -0.25) is 0 Å². The minimum Gasteiger partial charge on any atom is -0.374 e. The molecule has 1 nitrogen and oxygen atoms in total. The van der Waals surface area contributed by atoms with Crippen LogP contribution in [0.4, 0.5) is 0 Å². The van der Waals surface area contributed by atoms with Crippen molar-refractivity contribution in [2.75, 3.05) is 12.5 Å². The molecular weight excluding hydrogens is 196 g/mol. The Balaban J connectivity index is 2.25. The molecule has 1 aromatic carbocycles. The van der Waals surface area contributed by atoms with E-state index in [0.717, 1.165) is 25.3 Å². The summed E-state index contributed by atoms with van der Waals surface area (Å²) in [4.78, 5) is 0. The van der Waals surface area contributed by atoms with E-state index in [0.29, 0.717) is 0 Å². The van der Waals surface area contributed by atoms with Crippen molar-refractivity contribution >= 4 is 11.6 Å². The van der Waals surface area contributed by atoms with Crippen molar-refractivity contribution in [2.45, 2.75) is 25.9 Å². The van der Waals surface area contributed by atoms with E-state index in [-0.39, 0.29) is 6.10 Å². The minimum atomic E-state index is 0.187. The Morgan fingerprint density at radius 2 is 1.93 bits per heavy atom. The van der Waals surface area contributed by atoms with E-state index in [4.69, 9.17) is 16.3 Å². The minimum absolute atomic E-state index is 0.187. The lowest BCUT2D eigenvalue weighted by Crippen LogP contribution is -2.01. The largest absolute Gasteiger partial charge is 0.374 e. The van der Waals surface area contributed by atoms with Crippen LogP contribution in [0.3, 0.4) is 0 Å². The Bertz CT molecular complexity index is 235. The van der Waals surface area contributed by atoms with Crippen molar-refractivity contribution in [1.82, 2.24) is 0 Å². The molecule has 0 saturated carbocycles. The maximum Gasteiger partial charge on any atom is 0.0796 e. The van der Waals surface area contributed by atoms with E-state index in [2.05, 4.69) is 19.1 Å². The SMILES string of the molecule is CC(OCCCCCl)c1ccccc1. The van der Waals surface area contributed by atoms with Crippen molar-refractivity contribution in [3.05, 3.63) is 35.9 Å². The van der Waals surface area contributed by atoms with Gasteiger partial charge in [0.25, 0.3) is 0 Å². The molecule has 0 aliphatic rings. The van der Waals surface area contributed by atoms with Gasteiger partial charge in [-0.05, 0) is 25.3 Å². The van der Waals surface area contributed by atoms with Crippen molar-refractivity contribution < 1.29 is 4.74 Å². The molecule has 0 radical (unpaired) electrons. The Kier molecular flexibility index (Phi) is 5.65. The average molecular weight is 213 g/mol. The standard InChI is InChI=1S/C12H17ClO/c1-11(14-10-6-5-9-13)12-7-3-2-4-8-12/h2-4,7-8,11H,5-6,9-10H2,1H3. The van der Waals surface area contributed by atoms with Crippen LogP contribution in [0.25, 0.3) is 0 Å². The van der Waals surface area contributed by atoms with Gasteiger partial charge in [-0.2, -0.15) is 0 Å². The Morgan fingerprint density at radius 3 is 2.57 bits per heavy atom. The van der Waals surface area contributed by atoms with Crippen LogP contribution in [0, 0.1) is 0 Å². The van der Waals surface area contributed by atoms with E-state index >= 15 is 0 Å². The van der Waals surface area contributed by atoms with E-state index in [1.165, 1.54) is 5.56 Å². The summed E-state index contributed by atoms with van der Waals surface area (Å²) in [6, 6.07) is 10.3. The van der Waals surface area contributed by atoms with Crippen molar-refractivity contribution in [3.63, 3.8) is 0 Å². The molecule has 0 bridgehead atoms. The number of rotatable bonds is 6. The maximum atomic E-state index is 5.67. The summed E-state index contributed by atoms with van der Waals surface area (Å²) in [5, 5.41) is 0. The summed E-state index contributed by atoms with van der Waals surface area (Å²) >= 11 is 5.58. The smallest absolute Gasteiger partial charge is 0.0796 e. The molecular formula is C12H17ClO. The topological polar surface area (TPSA) is 9.23 Å². The fourth-order valence-electron chi connectivity index (χ4n) is 1.28. The number of unbranched alkanes of at least 4 members (excludes halogenated alkanes) is 1. The number of hydrogen-bond donors (Lipinski definition) is 0. The van der Waals surface area contributed by atoms with Gasteiger partial charge in [-0.25, -0.2) is 0 Å². The third-order valence-electron chi connectivity index (χ3n) is 2.16. The quantitative estimate of drug-likeness (QED) is 0.515. The van der Waals surface area contributed by atoms with E-state index in [9.17, 15) is 0 Å². The Labute approximate surface area is 91.0 Å². The summed E-state index contributed by atoms with van der Waals surface area (Å²) in [5.41, 5.74) is 1.23. The highest BCUT2D eigenvalue weighted by Gasteiger charge is 2.03. The van der Waals surface area contributed by atoms with Gasteiger partial charge >= 0.3 is 0 Å².